The Labute approximate surface area is 221 Å². The average molecular weight is 524 g/mol. The Hall–Kier alpha value is -3.19. The highest BCUT2D eigenvalue weighted by molar-refractivity contribution is 5.89. The predicted octanol–water partition coefficient (Wildman–Crippen LogP) is 2.50. The maximum Gasteiger partial charge on any atom is 0.408 e. The van der Waals surface area contributed by atoms with Crippen LogP contribution < -0.4 is 5.32 Å². The molecule has 0 aromatic heterocycles. The maximum absolute atomic E-state index is 13.7. The molecule has 2 bridgehead atoms. The number of halogens is 1. The molecule has 0 unspecified atom stereocenters. The van der Waals surface area contributed by atoms with Gasteiger partial charge in [-0.1, -0.05) is 6.07 Å². The molecule has 38 heavy (non-hydrogen) atoms. The number of piperazine rings is 1. The van der Waals surface area contributed by atoms with Crippen molar-refractivity contribution in [1.82, 2.24) is 20.0 Å². The summed E-state index contributed by atoms with van der Waals surface area (Å²) in [5.41, 5.74) is 1.26. The summed E-state index contributed by atoms with van der Waals surface area (Å²) in [6.45, 7) is 6.04. The SMILES string of the molecule is CC(C)(C)OC(=O)N[C@@H](CN1C[C@@H]2C[C@H]1C(=O)N2[C@@H]1CCc2cc(F)ccc21)C(=O)N1[C@H](C#N)C[C@@H]2C[C@@H]21. The molecule has 7 atom stereocenters. The summed E-state index contributed by atoms with van der Waals surface area (Å²) < 4.78 is 19.2. The standard InChI is InChI=1S/C28H34FN5O4/c1-28(2,3)38-27(37)31-21(25(35)33-18(12-30)9-16-10-23(16)33)14-32-13-19-11-24(32)26(36)34(19)22-7-4-15-8-17(29)5-6-20(15)22/h5-6,8,16,18-19,21-24H,4,7,9-11,13-14H2,1-3H3,(H,31,37)/t16-,18+,19+,21+,22-,23+,24+/m1/s1. The van der Waals surface area contributed by atoms with Crippen LogP contribution in [0, 0.1) is 23.1 Å². The Morgan fingerprint density at radius 3 is 2.74 bits per heavy atom. The number of likely N-dealkylation sites (tertiary alicyclic amines) is 3. The first-order valence-electron chi connectivity index (χ1n) is 13.6. The summed E-state index contributed by atoms with van der Waals surface area (Å²) in [5.74, 6) is -0.171. The molecule has 9 nitrogen and oxygen atoms in total. The Morgan fingerprint density at radius 1 is 1.24 bits per heavy atom. The second-order valence-electron chi connectivity index (χ2n) is 12.4. The molecule has 3 amide bonds. The van der Waals surface area contributed by atoms with Gasteiger partial charge in [0.15, 0.2) is 0 Å². The monoisotopic (exact) mass is 523 g/mol. The Bertz CT molecular complexity index is 1220. The number of hydrogen-bond donors (Lipinski definition) is 1. The van der Waals surface area contributed by atoms with E-state index in [9.17, 15) is 24.0 Å². The van der Waals surface area contributed by atoms with Crippen molar-refractivity contribution in [2.24, 2.45) is 5.92 Å². The molecule has 1 aromatic rings. The maximum atomic E-state index is 13.7. The summed E-state index contributed by atoms with van der Waals surface area (Å²) in [6.07, 6.45) is 3.05. The van der Waals surface area contributed by atoms with Crippen molar-refractivity contribution in [2.75, 3.05) is 13.1 Å². The fraction of sp³-hybridized carbons (Fsp3) is 0.643. The molecular formula is C28H34FN5O4. The topological polar surface area (TPSA) is 106 Å². The first kappa shape index (κ1) is 25.1. The molecule has 5 aliphatic rings. The van der Waals surface area contributed by atoms with Gasteiger partial charge in [-0.15, -0.1) is 0 Å². The first-order valence-corrected chi connectivity index (χ1v) is 13.6. The van der Waals surface area contributed by atoms with Crippen LogP contribution in [-0.4, -0.2) is 81.5 Å². The molecule has 202 valence electrons. The zero-order chi connectivity index (χ0) is 26.9. The van der Waals surface area contributed by atoms with Gasteiger partial charge in [-0.05, 0) is 82.1 Å². The molecule has 1 N–H and O–H groups in total. The first-order chi connectivity index (χ1) is 18.0. The van der Waals surface area contributed by atoms with Crippen molar-refractivity contribution in [1.29, 1.82) is 5.26 Å². The molecule has 3 heterocycles. The van der Waals surface area contributed by atoms with Gasteiger partial charge in [0.05, 0.1) is 18.2 Å². The summed E-state index contributed by atoms with van der Waals surface area (Å²) in [4.78, 5) is 45.6. The highest BCUT2D eigenvalue weighted by Gasteiger charge is 2.57. The number of benzene rings is 1. The molecule has 3 saturated heterocycles. The third kappa shape index (κ3) is 4.31. The molecular weight excluding hydrogens is 489 g/mol. The summed E-state index contributed by atoms with van der Waals surface area (Å²) in [5, 5.41) is 12.4. The Kier molecular flexibility index (Phi) is 5.91. The van der Waals surface area contributed by atoms with E-state index < -0.39 is 23.8 Å². The van der Waals surface area contributed by atoms with Crippen molar-refractivity contribution in [2.45, 2.75) is 94.7 Å². The lowest BCUT2D eigenvalue weighted by Crippen LogP contribution is -2.59. The van der Waals surface area contributed by atoms with Crippen LogP contribution in [-0.2, 0) is 20.7 Å². The van der Waals surface area contributed by atoms with E-state index in [2.05, 4.69) is 11.4 Å². The highest BCUT2D eigenvalue weighted by atomic mass is 19.1. The van der Waals surface area contributed by atoms with Crippen LogP contribution in [0.3, 0.4) is 0 Å². The van der Waals surface area contributed by atoms with Crippen LogP contribution in [0.5, 0.6) is 0 Å². The van der Waals surface area contributed by atoms with Gasteiger partial charge >= 0.3 is 6.09 Å². The Morgan fingerprint density at radius 2 is 2.03 bits per heavy atom. The molecule has 3 aliphatic heterocycles. The van der Waals surface area contributed by atoms with Crippen LogP contribution in [0.25, 0.3) is 0 Å². The van der Waals surface area contributed by atoms with Gasteiger partial charge in [0.25, 0.3) is 0 Å². The highest BCUT2D eigenvalue weighted by Crippen LogP contribution is 2.48. The number of fused-ring (bicyclic) bond motifs is 4. The largest absolute Gasteiger partial charge is 0.444 e. The zero-order valence-electron chi connectivity index (χ0n) is 22.0. The fourth-order valence-corrected chi connectivity index (χ4v) is 7.09. The van der Waals surface area contributed by atoms with E-state index in [1.807, 2.05) is 9.80 Å². The summed E-state index contributed by atoms with van der Waals surface area (Å²) in [7, 11) is 0. The number of piperidine rings is 1. The lowest BCUT2D eigenvalue weighted by atomic mass is 10.1. The number of nitrogens with zero attached hydrogens (tertiary/aromatic N) is 4. The number of aryl methyl sites for hydroxylation is 1. The van der Waals surface area contributed by atoms with Crippen molar-refractivity contribution < 1.29 is 23.5 Å². The van der Waals surface area contributed by atoms with E-state index in [0.717, 1.165) is 30.4 Å². The number of carbonyl (C=O) groups is 3. The molecule has 0 radical (unpaired) electrons. The normalized spacial score (nSPS) is 32.1. The van der Waals surface area contributed by atoms with Crippen LogP contribution in [0.15, 0.2) is 18.2 Å². The average Bonchev–Trinajstić information content (AvgIpc) is 3.17. The van der Waals surface area contributed by atoms with Gasteiger partial charge in [-0.3, -0.25) is 14.5 Å². The Balaban J connectivity index is 1.18. The van der Waals surface area contributed by atoms with E-state index >= 15 is 0 Å². The number of nitriles is 1. The molecule has 1 saturated carbocycles. The molecule has 1 aromatic carbocycles. The van der Waals surface area contributed by atoms with E-state index in [-0.39, 0.29) is 48.3 Å². The lowest BCUT2D eigenvalue weighted by molar-refractivity contribution is -0.141. The molecule has 2 aliphatic carbocycles. The van der Waals surface area contributed by atoms with Gasteiger partial charge in [-0.2, -0.15) is 5.26 Å². The number of alkyl carbamates (subject to hydrolysis) is 1. The number of amides is 3. The van der Waals surface area contributed by atoms with Crippen molar-refractivity contribution in [3.8, 4) is 6.07 Å². The fourth-order valence-electron chi connectivity index (χ4n) is 7.09. The predicted molar refractivity (Wildman–Crippen MR) is 134 cm³/mol. The number of nitrogens with one attached hydrogen (secondary N) is 1. The van der Waals surface area contributed by atoms with Gasteiger partial charge in [0, 0.05) is 25.2 Å². The lowest BCUT2D eigenvalue weighted by Gasteiger charge is -2.39. The van der Waals surface area contributed by atoms with E-state index in [1.54, 1.807) is 37.8 Å². The van der Waals surface area contributed by atoms with Crippen molar-refractivity contribution >= 4 is 17.9 Å². The van der Waals surface area contributed by atoms with Crippen LogP contribution in [0.2, 0.25) is 0 Å². The molecule has 6 rings (SSSR count). The number of carbonyl (C=O) groups excluding carboxylic acids is 3. The van der Waals surface area contributed by atoms with Crippen molar-refractivity contribution in [3.05, 3.63) is 35.1 Å². The summed E-state index contributed by atoms with van der Waals surface area (Å²) in [6, 6.07) is 5.27. The van der Waals surface area contributed by atoms with Gasteiger partial charge in [-0.25, -0.2) is 9.18 Å². The minimum Gasteiger partial charge on any atom is -0.444 e. The number of rotatable bonds is 5. The van der Waals surface area contributed by atoms with Gasteiger partial charge in [0.2, 0.25) is 11.8 Å². The van der Waals surface area contributed by atoms with Crippen LogP contribution in [0.1, 0.15) is 63.6 Å². The third-order valence-electron chi connectivity index (χ3n) is 8.72. The third-order valence-corrected chi connectivity index (χ3v) is 8.72. The molecule has 4 fully saturated rings. The minimum atomic E-state index is -0.921. The quantitative estimate of drug-likeness (QED) is 0.636. The smallest absolute Gasteiger partial charge is 0.408 e. The van der Waals surface area contributed by atoms with Gasteiger partial charge < -0.3 is 19.9 Å². The number of hydrogen-bond acceptors (Lipinski definition) is 6. The second kappa shape index (κ2) is 8.94. The second-order valence-corrected chi connectivity index (χ2v) is 12.4. The minimum absolute atomic E-state index is 0.00256. The van der Waals surface area contributed by atoms with Crippen molar-refractivity contribution in [3.63, 3.8) is 0 Å². The van der Waals surface area contributed by atoms with Crippen LogP contribution >= 0.6 is 0 Å². The van der Waals surface area contributed by atoms with Gasteiger partial charge in [0.1, 0.15) is 23.5 Å². The summed E-state index contributed by atoms with van der Waals surface area (Å²) >= 11 is 0. The molecule has 10 heteroatoms. The van der Waals surface area contributed by atoms with E-state index in [1.165, 1.54) is 6.07 Å². The van der Waals surface area contributed by atoms with Crippen LogP contribution in [0.4, 0.5) is 9.18 Å². The molecule has 0 spiro atoms. The number of ether oxygens (including phenoxy) is 1. The zero-order valence-corrected chi connectivity index (χ0v) is 22.0. The van der Waals surface area contributed by atoms with E-state index in [4.69, 9.17) is 4.74 Å². The van der Waals surface area contributed by atoms with E-state index in [0.29, 0.717) is 25.3 Å².